The molecule has 0 saturated heterocycles. The van der Waals surface area contributed by atoms with Crippen molar-refractivity contribution in [3.8, 4) is 23.0 Å². The molecule has 0 radical (unpaired) electrons. The fraction of sp³-hybridized carbons (Fsp3) is 0.435. The molecule has 30 heavy (non-hydrogen) atoms. The summed E-state index contributed by atoms with van der Waals surface area (Å²) in [6.07, 6.45) is 2.24. The highest BCUT2D eigenvalue weighted by Crippen LogP contribution is 2.43. The summed E-state index contributed by atoms with van der Waals surface area (Å²) in [5.41, 5.74) is 2.08. The maximum Gasteiger partial charge on any atom is 0.318 e. The van der Waals surface area contributed by atoms with Gasteiger partial charge in [0.2, 0.25) is 6.79 Å². The summed E-state index contributed by atoms with van der Waals surface area (Å²) in [7, 11) is 0. The first-order chi connectivity index (χ1) is 14.7. The van der Waals surface area contributed by atoms with Gasteiger partial charge in [-0.15, -0.1) is 0 Å². The largest absolute Gasteiger partial charge is 0.486 e. The number of fused-ring (bicyclic) bond motifs is 2. The molecular weight excluding hydrogens is 384 g/mol. The first-order valence-electron chi connectivity index (χ1n) is 10.5. The van der Waals surface area contributed by atoms with E-state index in [0.29, 0.717) is 32.2 Å². The lowest BCUT2D eigenvalue weighted by Crippen LogP contribution is -2.41. The van der Waals surface area contributed by atoms with E-state index < -0.39 is 0 Å². The lowest BCUT2D eigenvalue weighted by molar-refractivity contribution is 0.171. The first kappa shape index (κ1) is 18.9. The van der Waals surface area contributed by atoms with Crippen LogP contribution in [0.15, 0.2) is 36.4 Å². The Morgan fingerprint density at radius 1 is 1.00 bits per heavy atom. The number of benzene rings is 2. The summed E-state index contributed by atoms with van der Waals surface area (Å²) >= 11 is 0. The Labute approximate surface area is 175 Å². The van der Waals surface area contributed by atoms with Crippen molar-refractivity contribution in [1.82, 2.24) is 10.2 Å². The minimum atomic E-state index is -0.0676. The minimum absolute atomic E-state index is 0.0286. The van der Waals surface area contributed by atoms with Crippen molar-refractivity contribution in [3.05, 3.63) is 47.5 Å². The van der Waals surface area contributed by atoms with Crippen LogP contribution in [0.3, 0.4) is 0 Å². The summed E-state index contributed by atoms with van der Waals surface area (Å²) in [5, 5.41) is 3.26. The molecule has 1 unspecified atom stereocenters. The lowest BCUT2D eigenvalue weighted by Gasteiger charge is -2.27. The molecule has 2 aliphatic heterocycles. The predicted molar refractivity (Wildman–Crippen MR) is 110 cm³/mol. The summed E-state index contributed by atoms with van der Waals surface area (Å²) in [6, 6.07) is 11.7. The van der Waals surface area contributed by atoms with E-state index in [1.807, 2.05) is 48.2 Å². The topological polar surface area (TPSA) is 69.3 Å². The van der Waals surface area contributed by atoms with Gasteiger partial charge in [-0.2, -0.15) is 0 Å². The zero-order valence-corrected chi connectivity index (χ0v) is 17.1. The second-order valence-electron chi connectivity index (χ2n) is 7.87. The van der Waals surface area contributed by atoms with Crippen LogP contribution in [0.5, 0.6) is 23.0 Å². The molecule has 158 valence electrons. The molecule has 3 aliphatic rings. The third kappa shape index (κ3) is 3.84. The zero-order chi connectivity index (χ0) is 20.5. The van der Waals surface area contributed by atoms with Crippen LogP contribution in [0.2, 0.25) is 0 Å². The summed E-state index contributed by atoms with van der Waals surface area (Å²) in [5.74, 6) is 3.46. The maximum atomic E-state index is 13.1. The molecule has 1 aliphatic carbocycles. The molecule has 2 aromatic carbocycles. The lowest BCUT2D eigenvalue weighted by atomic mass is 10.0. The van der Waals surface area contributed by atoms with Crippen molar-refractivity contribution in [1.29, 1.82) is 0 Å². The van der Waals surface area contributed by atoms with Crippen LogP contribution in [-0.2, 0) is 6.54 Å². The van der Waals surface area contributed by atoms with E-state index >= 15 is 0 Å². The molecule has 0 bridgehead atoms. The van der Waals surface area contributed by atoms with Gasteiger partial charge in [0.15, 0.2) is 23.0 Å². The van der Waals surface area contributed by atoms with Gasteiger partial charge in [0.1, 0.15) is 13.2 Å². The fourth-order valence-electron chi connectivity index (χ4n) is 3.97. The third-order valence-electron chi connectivity index (χ3n) is 5.78. The normalized spacial score (nSPS) is 17.4. The number of carbonyl (C=O) groups is 1. The quantitative estimate of drug-likeness (QED) is 0.783. The highest BCUT2D eigenvalue weighted by Gasteiger charge is 2.35. The number of nitrogens with zero attached hydrogens (tertiary/aromatic N) is 1. The zero-order valence-electron chi connectivity index (χ0n) is 17.1. The molecule has 0 aromatic heterocycles. The number of ether oxygens (including phenoxy) is 4. The highest BCUT2D eigenvalue weighted by atomic mass is 16.7. The number of amides is 2. The van der Waals surface area contributed by atoms with Crippen LogP contribution in [0, 0.1) is 5.92 Å². The average Bonchev–Trinajstić information content (AvgIpc) is 3.51. The Morgan fingerprint density at radius 2 is 1.70 bits per heavy atom. The van der Waals surface area contributed by atoms with Crippen LogP contribution in [0.25, 0.3) is 0 Å². The molecular formula is C23H26N2O5. The standard InChI is InChI=1S/C23H26N2O5/c1-2-25(13-15-3-7-19-20(11-15)30-14-29-19)23(26)24-22(16-4-5-16)17-6-8-18-21(12-17)28-10-9-27-18/h3,6-8,11-12,16,22H,2,4-5,9-10,13-14H2,1H3,(H,24,26). The average molecular weight is 410 g/mol. The number of carbonyl (C=O) groups excluding carboxylic acids is 1. The third-order valence-corrected chi connectivity index (χ3v) is 5.78. The Balaban J connectivity index is 1.30. The van der Waals surface area contributed by atoms with Crippen LogP contribution >= 0.6 is 0 Å². The molecule has 2 amide bonds. The highest BCUT2D eigenvalue weighted by molar-refractivity contribution is 5.75. The van der Waals surface area contributed by atoms with E-state index in [-0.39, 0.29) is 18.9 Å². The smallest absolute Gasteiger partial charge is 0.318 e. The van der Waals surface area contributed by atoms with Crippen molar-refractivity contribution in [3.63, 3.8) is 0 Å². The molecule has 5 rings (SSSR count). The van der Waals surface area contributed by atoms with E-state index in [9.17, 15) is 4.79 Å². The second-order valence-corrected chi connectivity index (χ2v) is 7.87. The molecule has 7 heteroatoms. The molecule has 1 N–H and O–H groups in total. The monoisotopic (exact) mass is 410 g/mol. The van der Waals surface area contributed by atoms with Crippen molar-refractivity contribution in [2.75, 3.05) is 26.6 Å². The van der Waals surface area contributed by atoms with E-state index in [0.717, 1.165) is 47.0 Å². The van der Waals surface area contributed by atoms with Crippen molar-refractivity contribution < 1.29 is 23.7 Å². The van der Waals surface area contributed by atoms with Gasteiger partial charge in [-0.3, -0.25) is 0 Å². The summed E-state index contributed by atoms with van der Waals surface area (Å²) in [4.78, 5) is 14.9. The van der Waals surface area contributed by atoms with Crippen molar-refractivity contribution >= 4 is 6.03 Å². The van der Waals surface area contributed by atoms with Crippen LogP contribution in [0.4, 0.5) is 4.79 Å². The van der Waals surface area contributed by atoms with Gasteiger partial charge in [0.25, 0.3) is 0 Å². The number of urea groups is 1. The Hall–Kier alpha value is -3.09. The molecule has 7 nitrogen and oxygen atoms in total. The van der Waals surface area contributed by atoms with Gasteiger partial charge in [0, 0.05) is 13.1 Å². The van der Waals surface area contributed by atoms with Crippen molar-refractivity contribution in [2.24, 2.45) is 5.92 Å². The van der Waals surface area contributed by atoms with Gasteiger partial charge in [0.05, 0.1) is 6.04 Å². The minimum Gasteiger partial charge on any atom is -0.486 e. The molecule has 2 heterocycles. The summed E-state index contributed by atoms with van der Waals surface area (Å²) < 4.78 is 22.2. The Kier molecular flexibility index (Phi) is 5.02. The van der Waals surface area contributed by atoms with Crippen molar-refractivity contribution in [2.45, 2.75) is 32.4 Å². The van der Waals surface area contributed by atoms with E-state index in [2.05, 4.69) is 5.32 Å². The van der Waals surface area contributed by atoms with Crippen LogP contribution < -0.4 is 24.3 Å². The number of rotatable bonds is 6. The molecule has 1 atom stereocenters. The number of hydrogen-bond acceptors (Lipinski definition) is 5. The second kappa shape index (κ2) is 7.97. The maximum absolute atomic E-state index is 13.1. The number of hydrogen-bond donors (Lipinski definition) is 1. The van der Waals surface area contributed by atoms with Gasteiger partial charge < -0.3 is 29.2 Å². The van der Waals surface area contributed by atoms with E-state index in [1.165, 1.54) is 0 Å². The van der Waals surface area contributed by atoms with Crippen LogP contribution in [-0.4, -0.2) is 37.5 Å². The van der Waals surface area contributed by atoms with E-state index in [4.69, 9.17) is 18.9 Å². The van der Waals surface area contributed by atoms with Gasteiger partial charge in [-0.25, -0.2) is 4.79 Å². The van der Waals surface area contributed by atoms with E-state index in [1.54, 1.807) is 0 Å². The first-order valence-corrected chi connectivity index (χ1v) is 10.5. The Morgan fingerprint density at radius 3 is 2.50 bits per heavy atom. The SMILES string of the molecule is CCN(Cc1ccc2c(c1)OCO2)C(=O)NC(c1ccc2c(c1)OCCO2)C1CC1. The Bertz CT molecular complexity index is 943. The van der Waals surface area contributed by atoms with Gasteiger partial charge >= 0.3 is 6.03 Å². The fourth-order valence-corrected chi connectivity index (χ4v) is 3.97. The van der Waals surface area contributed by atoms with Gasteiger partial charge in [-0.1, -0.05) is 12.1 Å². The van der Waals surface area contributed by atoms with Crippen LogP contribution in [0.1, 0.15) is 36.9 Å². The van der Waals surface area contributed by atoms with Gasteiger partial charge in [-0.05, 0) is 61.1 Å². The summed E-state index contributed by atoms with van der Waals surface area (Å²) in [6.45, 7) is 4.48. The predicted octanol–water partition coefficient (Wildman–Crippen LogP) is 3.87. The number of nitrogens with one attached hydrogen (secondary N) is 1. The molecule has 0 spiro atoms. The molecule has 2 aromatic rings. The molecule has 1 fully saturated rings. The molecule has 1 saturated carbocycles.